The molecule has 7 heteroatoms. The summed E-state index contributed by atoms with van der Waals surface area (Å²) < 4.78 is 0. The molecule has 3 aliphatic heterocycles. The molecule has 0 atom stereocenters. The van der Waals surface area contributed by atoms with Crippen LogP contribution >= 0.6 is 0 Å². The first-order valence-electron chi connectivity index (χ1n) is 32.6. The van der Waals surface area contributed by atoms with Crippen molar-refractivity contribution in [3.05, 3.63) is 311 Å². The number of rotatable bonds is 6. The molecule has 450 valence electrons. The summed E-state index contributed by atoms with van der Waals surface area (Å²) in [6.07, 6.45) is 5.83. The summed E-state index contributed by atoms with van der Waals surface area (Å²) in [5, 5.41) is 13.5. The number of nitrogens with zero attached hydrogens (tertiary/aromatic N) is 7. The first-order chi connectivity index (χ1) is 44.9. The van der Waals surface area contributed by atoms with Crippen molar-refractivity contribution in [3.8, 4) is 50.6 Å². The first kappa shape index (κ1) is 56.3. The molecule has 9 aromatic carbocycles. The maximum Gasteiger partial charge on any atom is 0.104 e. The summed E-state index contributed by atoms with van der Waals surface area (Å²) in [6.45, 7) is 23.9. The van der Waals surface area contributed by atoms with Crippen molar-refractivity contribution < 1.29 is 0 Å². The zero-order valence-corrected chi connectivity index (χ0v) is 54.3. The minimum absolute atomic E-state index is 0.530. The Labute approximate surface area is 546 Å². The van der Waals surface area contributed by atoms with Gasteiger partial charge in [0.1, 0.15) is 11.6 Å². The number of hydrogen-bond donors (Lipinski definition) is 0. The average molecular weight is 1200 g/mol. The summed E-state index contributed by atoms with van der Waals surface area (Å²) in [5.41, 5.74) is 25.0. The molecule has 0 saturated heterocycles. The Morgan fingerprint density at radius 2 is 0.624 bits per heavy atom. The van der Waals surface area contributed by atoms with Crippen LogP contribution in [0.4, 0.5) is 51.2 Å². The Morgan fingerprint density at radius 3 is 0.989 bits per heavy atom. The molecule has 1 spiro atoms. The summed E-state index contributed by atoms with van der Waals surface area (Å²) in [5.74, 6) is 0. The van der Waals surface area contributed by atoms with Crippen molar-refractivity contribution in [2.75, 3.05) is 14.7 Å². The Morgan fingerprint density at radius 1 is 0.301 bits per heavy atom. The normalized spacial score (nSPS) is 16.9. The maximum absolute atomic E-state index is 13.5. The molecule has 0 saturated carbocycles. The zero-order valence-electron chi connectivity index (χ0n) is 54.3. The van der Waals surface area contributed by atoms with E-state index in [4.69, 9.17) is 15.0 Å². The second-order valence-corrected chi connectivity index (χ2v) is 28.7. The lowest BCUT2D eigenvalue weighted by Gasteiger charge is -2.50. The minimum atomic E-state index is -0.777. The van der Waals surface area contributed by atoms with E-state index in [1.54, 1.807) is 0 Å². The summed E-state index contributed by atoms with van der Waals surface area (Å²) in [7, 11) is 0. The van der Waals surface area contributed by atoms with Crippen LogP contribution in [0, 0.1) is 11.3 Å². The second-order valence-electron chi connectivity index (χ2n) is 28.7. The molecule has 17 rings (SSSR count). The molecular formula is C86H71N7. The topological polar surface area (TPSA) is 72.2 Å². The van der Waals surface area contributed by atoms with Gasteiger partial charge in [0, 0.05) is 51.1 Å². The SMILES string of the molecule is CC1(C)c2cc(-c3ccccc3)ccc2N(c2c(C#N)c(N3c4ccc(-c5ccccc5)cc4C(C)(C)c4ncccc43)c3c(c2N2c4ccc(-c5ccccc5)cc4C(C)(C)c4ncccc42)C(C)(C)C2(c4ccccc4-c4ccccc42)C3(C)C)c2cccnc21. The fourth-order valence-electron chi connectivity index (χ4n) is 18.2. The summed E-state index contributed by atoms with van der Waals surface area (Å²) in [4.78, 5) is 23.9. The van der Waals surface area contributed by atoms with Crippen LogP contribution in [-0.4, -0.2) is 15.0 Å². The van der Waals surface area contributed by atoms with Crippen molar-refractivity contribution in [1.29, 1.82) is 5.26 Å². The predicted molar refractivity (Wildman–Crippen MR) is 380 cm³/mol. The molecule has 0 radical (unpaired) electrons. The third-order valence-electron chi connectivity index (χ3n) is 22.2. The van der Waals surface area contributed by atoms with Crippen LogP contribution in [-0.2, 0) is 32.5 Å². The van der Waals surface area contributed by atoms with Crippen LogP contribution in [0.5, 0.6) is 0 Å². The van der Waals surface area contributed by atoms with Crippen molar-refractivity contribution in [2.24, 2.45) is 0 Å². The van der Waals surface area contributed by atoms with Gasteiger partial charge in [0.2, 0.25) is 0 Å². The molecule has 0 amide bonds. The molecule has 7 nitrogen and oxygen atoms in total. The van der Waals surface area contributed by atoms with E-state index >= 15 is 0 Å². The van der Waals surface area contributed by atoms with Gasteiger partial charge >= 0.3 is 0 Å². The quantitative estimate of drug-likeness (QED) is 0.164. The predicted octanol–water partition coefficient (Wildman–Crippen LogP) is 21.6. The molecule has 0 N–H and O–H groups in total. The summed E-state index contributed by atoms with van der Waals surface area (Å²) >= 11 is 0. The third-order valence-corrected chi connectivity index (χ3v) is 22.2. The van der Waals surface area contributed by atoms with Gasteiger partial charge in [-0.15, -0.1) is 0 Å². The summed E-state index contributed by atoms with van der Waals surface area (Å²) in [6, 6.07) is 87.6. The van der Waals surface area contributed by atoms with Crippen LogP contribution in [0.3, 0.4) is 0 Å². The van der Waals surface area contributed by atoms with Crippen LogP contribution in [0.15, 0.2) is 249 Å². The van der Waals surface area contributed by atoms with Gasteiger partial charge in [-0.3, -0.25) is 15.0 Å². The number of benzene rings is 9. The number of nitriles is 1. The lowest BCUT2D eigenvalue weighted by molar-refractivity contribution is 0.232. The highest BCUT2D eigenvalue weighted by Crippen LogP contribution is 2.76. The van der Waals surface area contributed by atoms with Crippen LogP contribution in [0.2, 0.25) is 0 Å². The Bertz CT molecular complexity index is 5120. The van der Waals surface area contributed by atoms with E-state index in [9.17, 15) is 5.26 Å². The highest BCUT2D eigenvalue weighted by molar-refractivity contribution is 6.08. The smallest absolute Gasteiger partial charge is 0.104 e. The van der Waals surface area contributed by atoms with E-state index in [0.29, 0.717) is 5.56 Å². The molecule has 12 aromatic rings. The van der Waals surface area contributed by atoms with Gasteiger partial charge in [-0.05, 0) is 198 Å². The van der Waals surface area contributed by atoms with Crippen molar-refractivity contribution in [1.82, 2.24) is 15.0 Å². The molecule has 0 bridgehead atoms. The molecule has 5 aliphatic rings. The van der Waals surface area contributed by atoms with E-state index in [2.05, 4.69) is 321 Å². The number of aromatic nitrogens is 3. The van der Waals surface area contributed by atoms with Gasteiger partial charge in [0.15, 0.2) is 0 Å². The number of anilines is 9. The molecule has 0 fully saturated rings. The van der Waals surface area contributed by atoms with Crippen LogP contribution in [0.25, 0.3) is 44.5 Å². The third kappa shape index (κ3) is 7.38. The molecule has 3 aromatic heterocycles. The highest BCUT2D eigenvalue weighted by Gasteiger charge is 2.70. The van der Waals surface area contributed by atoms with E-state index in [-0.39, 0.29) is 0 Å². The van der Waals surface area contributed by atoms with Crippen LogP contribution < -0.4 is 14.7 Å². The van der Waals surface area contributed by atoms with E-state index in [1.165, 1.54) is 22.3 Å². The van der Waals surface area contributed by atoms with E-state index < -0.39 is 32.5 Å². The lowest BCUT2D eigenvalue weighted by Crippen LogP contribution is -2.51. The standard InChI is InChI=1S/C86H71N7/c1-81(2)64-49-56(53-27-14-11-15-28-53)40-43-67(64)91(70-37-24-46-88-78(70)81)75-61(52-87)76(92-68-44-41-57(54-29-16-12-17-30-54)50-65(68)82(3,4)79-71(92)38-25-47-89-79)77(74-73(75)84(7,8)86(85(74,9)10)62-35-22-20-33-59(62)60-34-21-23-36-63(60)86)93-69-45-42-58(55-31-18-13-19-32-55)51-66(69)83(5,6)80-72(93)39-26-48-90-80/h11-51H,1-10H3. The fourth-order valence-corrected chi connectivity index (χ4v) is 18.2. The van der Waals surface area contributed by atoms with Gasteiger partial charge in [0.05, 0.1) is 68.3 Å². The van der Waals surface area contributed by atoms with Gasteiger partial charge in [-0.1, -0.05) is 185 Å². The van der Waals surface area contributed by atoms with Crippen molar-refractivity contribution in [3.63, 3.8) is 0 Å². The first-order valence-corrected chi connectivity index (χ1v) is 32.6. The number of fused-ring (bicyclic) bond motifs is 12. The van der Waals surface area contributed by atoms with Crippen LogP contribution in [0.1, 0.15) is 131 Å². The van der Waals surface area contributed by atoms with E-state index in [0.717, 1.165) is 129 Å². The van der Waals surface area contributed by atoms with Gasteiger partial charge in [-0.2, -0.15) is 5.26 Å². The second kappa shape index (κ2) is 19.7. The highest BCUT2D eigenvalue weighted by atomic mass is 15.3. The molecule has 93 heavy (non-hydrogen) atoms. The Hall–Kier alpha value is -10.7. The minimum Gasteiger partial charge on any atom is -0.307 e. The Kier molecular flexibility index (Phi) is 11.9. The largest absolute Gasteiger partial charge is 0.307 e. The molecule has 2 aliphatic carbocycles. The maximum atomic E-state index is 13.5. The molecular weight excluding hydrogens is 1130 g/mol. The Balaban J connectivity index is 1.11. The number of hydrogen-bond acceptors (Lipinski definition) is 7. The lowest BCUT2D eigenvalue weighted by atomic mass is 9.52. The van der Waals surface area contributed by atoms with E-state index in [1.807, 2.05) is 18.6 Å². The average Bonchev–Trinajstić information content (AvgIpc) is 1.48. The molecule has 6 heterocycles. The van der Waals surface area contributed by atoms with Crippen molar-refractivity contribution >= 4 is 51.2 Å². The number of pyridine rings is 3. The van der Waals surface area contributed by atoms with Gasteiger partial charge in [0.25, 0.3) is 0 Å². The molecule has 0 unspecified atom stereocenters. The van der Waals surface area contributed by atoms with Gasteiger partial charge < -0.3 is 14.7 Å². The zero-order chi connectivity index (χ0) is 63.7. The van der Waals surface area contributed by atoms with Crippen molar-refractivity contribution in [2.45, 2.75) is 102 Å². The fraction of sp³-hybridized carbons (Fsp3) is 0.186. The van der Waals surface area contributed by atoms with Gasteiger partial charge in [-0.25, -0.2) is 0 Å². The monoisotopic (exact) mass is 1200 g/mol.